The maximum absolute atomic E-state index is 5.46. The van der Waals surface area contributed by atoms with Gasteiger partial charge in [-0.1, -0.05) is 18.2 Å². The van der Waals surface area contributed by atoms with E-state index in [1.165, 1.54) is 4.90 Å². The van der Waals surface area contributed by atoms with Gasteiger partial charge in [0, 0.05) is 34.3 Å². The van der Waals surface area contributed by atoms with Crippen molar-refractivity contribution in [2.45, 2.75) is 62.6 Å². The molecule has 1 aliphatic rings. The van der Waals surface area contributed by atoms with Crippen molar-refractivity contribution in [1.29, 1.82) is 0 Å². The van der Waals surface area contributed by atoms with Crippen molar-refractivity contribution in [3.05, 3.63) is 30.3 Å². The lowest BCUT2D eigenvalue weighted by Gasteiger charge is -2.46. The van der Waals surface area contributed by atoms with Crippen molar-refractivity contribution >= 4 is 29.1 Å². The maximum atomic E-state index is 5.46. The summed E-state index contributed by atoms with van der Waals surface area (Å²) in [5.74, 6) is 1.01. The number of thioether (sulfide) groups is 1. The zero-order valence-electron chi connectivity index (χ0n) is 14.6. The van der Waals surface area contributed by atoms with Crippen molar-refractivity contribution in [2.24, 2.45) is 0 Å². The molecule has 0 aliphatic carbocycles. The van der Waals surface area contributed by atoms with Gasteiger partial charge in [0.15, 0.2) is 5.11 Å². The molecule has 0 aromatic heterocycles. The third-order valence-electron chi connectivity index (χ3n) is 3.92. The number of nitrogens with one attached hydrogen (secondary N) is 3. The highest BCUT2D eigenvalue weighted by atomic mass is 32.2. The molecule has 1 saturated heterocycles. The van der Waals surface area contributed by atoms with Gasteiger partial charge in [0.1, 0.15) is 0 Å². The lowest BCUT2D eigenvalue weighted by atomic mass is 9.80. The fraction of sp³-hybridized carbons (Fsp3) is 0.611. The fourth-order valence-corrected chi connectivity index (χ4v) is 4.57. The summed E-state index contributed by atoms with van der Waals surface area (Å²) in [6, 6.07) is 10.9. The van der Waals surface area contributed by atoms with Gasteiger partial charge >= 0.3 is 0 Å². The van der Waals surface area contributed by atoms with Crippen LogP contribution in [0, 0.1) is 0 Å². The van der Waals surface area contributed by atoms with E-state index in [-0.39, 0.29) is 11.1 Å². The Morgan fingerprint density at radius 3 is 2.39 bits per heavy atom. The van der Waals surface area contributed by atoms with Crippen LogP contribution in [-0.4, -0.2) is 34.5 Å². The predicted octanol–water partition coefficient (Wildman–Crippen LogP) is 3.55. The molecule has 128 valence electrons. The molecule has 23 heavy (non-hydrogen) atoms. The molecular weight excluding hydrogens is 322 g/mol. The SMILES string of the molecule is CC1(C)CC(NC(=S)NCCSc2ccccc2)CC(C)(C)N1. The number of hydrogen-bond donors (Lipinski definition) is 3. The van der Waals surface area contributed by atoms with Crippen LogP contribution >= 0.6 is 24.0 Å². The Hall–Kier alpha value is -0.780. The highest BCUT2D eigenvalue weighted by Crippen LogP contribution is 2.28. The van der Waals surface area contributed by atoms with Gasteiger partial charge in [-0.3, -0.25) is 0 Å². The first kappa shape index (κ1) is 18.6. The summed E-state index contributed by atoms with van der Waals surface area (Å²) >= 11 is 7.31. The number of piperidine rings is 1. The van der Waals surface area contributed by atoms with Crippen LogP contribution in [0.15, 0.2) is 35.2 Å². The number of rotatable bonds is 5. The third kappa shape index (κ3) is 6.69. The van der Waals surface area contributed by atoms with Gasteiger partial charge in [0.25, 0.3) is 0 Å². The average molecular weight is 352 g/mol. The van der Waals surface area contributed by atoms with Crippen molar-refractivity contribution in [2.75, 3.05) is 12.3 Å². The van der Waals surface area contributed by atoms with Gasteiger partial charge in [-0.2, -0.15) is 0 Å². The average Bonchev–Trinajstić information content (AvgIpc) is 2.41. The van der Waals surface area contributed by atoms with E-state index >= 15 is 0 Å². The van der Waals surface area contributed by atoms with Crippen LogP contribution in [0.4, 0.5) is 0 Å². The van der Waals surface area contributed by atoms with E-state index in [0.29, 0.717) is 6.04 Å². The molecule has 1 aliphatic heterocycles. The van der Waals surface area contributed by atoms with Crippen LogP contribution in [0.5, 0.6) is 0 Å². The summed E-state index contributed by atoms with van der Waals surface area (Å²) in [4.78, 5) is 1.30. The predicted molar refractivity (Wildman–Crippen MR) is 105 cm³/mol. The standard InChI is InChI=1S/C18H29N3S2/c1-17(2)12-14(13-18(3,4)21-17)20-16(22)19-10-11-23-15-8-6-5-7-9-15/h5-9,14,21H,10-13H2,1-4H3,(H2,19,20,22). The first-order valence-electron chi connectivity index (χ1n) is 8.27. The van der Waals surface area contributed by atoms with Crippen molar-refractivity contribution in [1.82, 2.24) is 16.0 Å². The van der Waals surface area contributed by atoms with Gasteiger partial charge in [0.2, 0.25) is 0 Å². The minimum absolute atomic E-state index is 0.137. The van der Waals surface area contributed by atoms with Crippen LogP contribution in [0.25, 0.3) is 0 Å². The van der Waals surface area contributed by atoms with Crippen LogP contribution < -0.4 is 16.0 Å². The monoisotopic (exact) mass is 351 g/mol. The van der Waals surface area contributed by atoms with E-state index in [4.69, 9.17) is 12.2 Å². The van der Waals surface area contributed by atoms with Crippen LogP contribution in [0.3, 0.4) is 0 Å². The Kier molecular flexibility index (Phi) is 6.34. The van der Waals surface area contributed by atoms with Gasteiger partial charge < -0.3 is 16.0 Å². The molecule has 1 aromatic rings. The maximum Gasteiger partial charge on any atom is 0.166 e. The fourth-order valence-electron chi connectivity index (χ4n) is 3.51. The Labute approximate surface area is 150 Å². The molecule has 2 rings (SSSR count). The molecule has 1 fully saturated rings. The normalized spacial score (nSPS) is 20.0. The van der Waals surface area contributed by atoms with Crippen LogP contribution in [0.1, 0.15) is 40.5 Å². The zero-order chi connectivity index (χ0) is 16.9. The highest BCUT2D eigenvalue weighted by molar-refractivity contribution is 7.99. The summed E-state index contributed by atoms with van der Waals surface area (Å²) in [6.07, 6.45) is 2.16. The van der Waals surface area contributed by atoms with Gasteiger partial charge in [-0.15, -0.1) is 11.8 Å². The summed E-state index contributed by atoms with van der Waals surface area (Å²) in [6.45, 7) is 9.92. The minimum atomic E-state index is 0.137. The zero-order valence-corrected chi connectivity index (χ0v) is 16.2. The van der Waals surface area contributed by atoms with Gasteiger partial charge in [-0.05, 0) is 64.9 Å². The number of thiocarbonyl (C=S) groups is 1. The molecule has 0 amide bonds. The molecule has 1 aromatic carbocycles. The lowest BCUT2D eigenvalue weighted by Crippen LogP contribution is -2.62. The Morgan fingerprint density at radius 1 is 1.17 bits per heavy atom. The third-order valence-corrected chi connectivity index (χ3v) is 5.20. The molecule has 3 N–H and O–H groups in total. The van der Waals surface area contributed by atoms with Crippen molar-refractivity contribution in [3.8, 4) is 0 Å². The topological polar surface area (TPSA) is 36.1 Å². The second kappa shape index (κ2) is 7.86. The highest BCUT2D eigenvalue weighted by Gasteiger charge is 2.37. The summed E-state index contributed by atoms with van der Waals surface area (Å²) in [7, 11) is 0. The van der Waals surface area contributed by atoms with Gasteiger partial charge in [-0.25, -0.2) is 0 Å². The summed E-state index contributed by atoms with van der Waals surface area (Å²) in [5.41, 5.74) is 0.274. The van der Waals surface area contributed by atoms with E-state index in [1.807, 2.05) is 17.8 Å². The minimum Gasteiger partial charge on any atom is -0.362 e. The Balaban J connectivity index is 1.70. The Morgan fingerprint density at radius 2 is 1.78 bits per heavy atom. The molecule has 5 heteroatoms. The van der Waals surface area contributed by atoms with E-state index in [0.717, 1.165) is 30.3 Å². The molecule has 0 unspecified atom stereocenters. The molecule has 3 nitrogen and oxygen atoms in total. The molecular formula is C18H29N3S2. The van der Waals surface area contributed by atoms with Crippen LogP contribution in [0.2, 0.25) is 0 Å². The van der Waals surface area contributed by atoms with E-state index in [2.05, 4.69) is 67.9 Å². The second-order valence-corrected chi connectivity index (χ2v) is 9.14. The van der Waals surface area contributed by atoms with Crippen molar-refractivity contribution in [3.63, 3.8) is 0 Å². The Bertz CT molecular complexity index is 498. The molecule has 0 spiro atoms. The number of benzene rings is 1. The first-order valence-corrected chi connectivity index (χ1v) is 9.67. The molecule has 0 radical (unpaired) electrons. The molecule has 0 bridgehead atoms. The van der Waals surface area contributed by atoms with Crippen molar-refractivity contribution < 1.29 is 0 Å². The number of hydrogen-bond acceptors (Lipinski definition) is 3. The van der Waals surface area contributed by atoms with E-state index < -0.39 is 0 Å². The van der Waals surface area contributed by atoms with Crippen LogP contribution in [-0.2, 0) is 0 Å². The molecule has 0 saturated carbocycles. The molecule has 0 atom stereocenters. The van der Waals surface area contributed by atoms with Gasteiger partial charge in [0.05, 0.1) is 0 Å². The summed E-state index contributed by atoms with van der Waals surface area (Å²) in [5, 5.41) is 11.3. The smallest absolute Gasteiger partial charge is 0.166 e. The van der Waals surface area contributed by atoms with E-state index in [1.54, 1.807) is 0 Å². The first-order chi connectivity index (χ1) is 10.8. The molecule has 1 heterocycles. The van der Waals surface area contributed by atoms with E-state index in [9.17, 15) is 0 Å². The quantitative estimate of drug-likeness (QED) is 0.430. The largest absolute Gasteiger partial charge is 0.362 e. The lowest BCUT2D eigenvalue weighted by molar-refractivity contribution is 0.155. The summed E-state index contributed by atoms with van der Waals surface area (Å²) < 4.78 is 0. The second-order valence-electron chi connectivity index (χ2n) is 7.56.